The summed E-state index contributed by atoms with van der Waals surface area (Å²) >= 11 is 0.681. The number of alkyl halides is 3. The second-order valence-corrected chi connectivity index (χ2v) is 5.27. The van der Waals surface area contributed by atoms with Crippen LogP contribution in [-0.2, 0) is 12.8 Å². The fourth-order valence-corrected chi connectivity index (χ4v) is 2.61. The highest BCUT2D eigenvalue weighted by Gasteiger charge is 2.33. The van der Waals surface area contributed by atoms with Crippen molar-refractivity contribution in [2.24, 2.45) is 0 Å². The molecule has 0 aliphatic heterocycles. The lowest BCUT2D eigenvalue weighted by Gasteiger charge is -2.13. The lowest BCUT2D eigenvalue weighted by atomic mass is 10.1. The van der Waals surface area contributed by atoms with E-state index in [1.807, 2.05) is 0 Å². The van der Waals surface area contributed by atoms with E-state index in [0.717, 1.165) is 30.3 Å². The molecule has 0 fully saturated rings. The van der Waals surface area contributed by atoms with Crippen LogP contribution in [0.15, 0.2) is 46.2 Å². The molecule has 0 atom stereocenters. The second-order valence-electron chi connectivity index (χ2n) is 4.15. The normalized spacial score (nSPS) is 11.7. The summed E-state index contributed by atoms with van der Waals surface area (Å²) in [6.07, 6.45) is -4.63. The summed E-state index contributed by atoms with van der Waals surface area (Å²) in [5.74, 6) is -1.40. The third-order valence-electron chi connectivity index (χ3n) is 2.68. The van der Waals surface area contributed by atoms with Crippen LogP contribution < -0.4 is 0 Å². The van der Waals surface area contributed by atoms with Crippen LogP contribution in [0.25, 0.3) is 0 Å². The Morgan fingerprint density at radius 1 is 1.00 bits per heavy atom. The molecule has 0 aliphatic carbocycles. The first-order valence-corrected chi connectivity index (χ1v) is 6.57. The number of aliphatic hydroxyl groups excluding tert-OH is 1. The fourth-order valence-electron chi connectivity index (χ4n) is 1.70. The number of benzene rings is 2. The van der Waals surface area contributed by atoms with E-state index in [9.17, 15) is 22.0 Å². The standard InChI is InChI=1S/C14H9F5OS/c15-9-2-4-12(16)13(5-9)21-10-3-1-8(7-20)11(6-10)14(17,18)19/h1-6,20H,7H2. The lowest BCUT2D eigenvalue weighted by Crippen LogP contribution is -2.09. The average molecular weight is 320 g/mol. The van der Waals surface area contributed by atoms with Gasteiger partial charge in [-0.2, -0.15) is 13.2 Å². The first-order valence-electron chi connectivity index (χ1n) is 5.75. The van der Waals surface area contributed by atoms with Gasteiger partial charge in [0.1, 0.15) is 11.6 Å². The van der Waals surface area contributed by atoms with Crippen LogP contribution in [0.3, 0.4) is 0 Å². The van der Waals surface area contributed by atoms with E-state index < -0.39 is 30.0 Å². The molecule has 2 rings (SSSR count). The molecule has 0 heterocycles. The molecule has 0 unspecified atom stereocenters. The van der Waals surface area contributed by atoms with E-state index >= 15 is 0 Å². The summed E-state index contributed by atoms with van der Waals surface area (Å²) in [5, 5.41) is 8.93. The van der Waals surface area contributed by atoms with E-state index in [4.69, 9.17) is 5.11 Å². The van der Waals surface area contributed by atoms with Crippen molar-refractivity contribution in [3.05, 3.63) is 59.2 Å². The fraction of sp³-hybridized carbons (Fsp3) is 0.143. The Balaban J connectivity index is 2.39. The number of aliphatic hydroxyl groups is 1. The summed E-state index contributed by atoms with van der Waals surface area (Å²) < 4.78 is 65.1. The minimum absolute atomic E-state index is 0.101. The summed E-state index contributed by atoms with van der Waals surface area (Å²) in [4.78, 5) is -0.0103. The number of rotatable bonds is 3. The monoisotopic (exact) mass is 320 g/mol. The van der Waals surface area contributed by atoms with Crippen LogP contribution >= 0.6 is 11.8 Å². The minimum Gasteiger partial charge on any atom is -0.392 e. The Kier molecular flexibility index (Phi) is 4.53. The third kappa shape index (κ3) is 3.74. The van der Waals surface area contributed by atoms with E-state index in [0.29, 0.717) is 11.8 Å². The lowest BCUT2D eigenvalue weighted by molar-refractivity contribution is -0.138. The van der Waals surface area contributed by atoms with E-state index in [2.05, 4.69) is 0 Å². The van der Waals surface area contributed by atoms with Crippen LogP contribution in [0.1, 0.15) is 11.1 Å². The third-order valence-corrected chi connectivity index (χ3v) is 3.70. The van der Waals surface area contributed by atoms with E-state index in [-0.39, 0.29) is 15.4 Å². The molecule has 0 saturated heterocycles. The van der Waals surface area contributed by atoms with Crippen LogP contribution in [0.2, 0.25) is 0 Å². The molecule has 2 aromatic carbocycles. The molecule has 0 aromatic heterocycles. The largest absolute Gasteiger partial charge is 0.416 e. The first kappa shape index (κ1) is 15.8. The maximum Gasteiger partial charge on any atom is 0.416 e. The van der Waals surface area contributed by atoms with Crippen LogP contribution in [0.5, 0.6) is 0 Å². The summed E-state index contributed by atoms with van der Waals surface area (Å²) in [7, 11) is 0. The summed E-state index contributed by atoms with van der Waals surface area (Å²) in [5.41, 5.74) is -1.27. The summed E-state index contributed by atoms with van der Waals surface area (Å²) in [6.45, 7) is -0.756. The SMILES string of the molecule is OCc1ccc(Sc2cc(F)ccc2F)cc1C(F)(F)F. The smallest absolute Gasteiger partial charge is 0.392 e. The van der Waals surface area contributed by atoms with Crippen molar-refractivity contribution < 1.29 is 27.1 Å². The molecule has 21 heavy (non-hydrogen) atoms. The molecule has 1 N–H and O–H groups in total. The topological polar surface area (TPSA) is 20.2 Å². The zero-order chi connectivity index (χ0) is 15.6. The Morgan fingerprint density at radius 2 is 1.71 bits per heavy atom. The van der Waals surface area contributed by atoms with Crippen molar-refractivity contribution in [3.8, 4) is 0 Å². The molecule has 0 aliphatic rings. The highest BCUT2D eigenvalue weighted by molar-refractivity contribution is 7.99. The van der Waals surface area contributed by atoms with Crippen molar-refractivity contribution >= 4 is 11.8 Å². The highest BCUT2D eigenvalue weighted by Crippen LogP contribution is 2.37. The van der Waals surface area contributed by atoms with Crippen molar-refractivity contribution in [3.63, 3.8) is 0 Å². The van der Waals surface area contributed by atoms with Crippen molar-refractivity contribution in [2.45, 2.75) is 22.6 Å². The average Bonchev–Trinajstić information content (AvgIpc) is 2.42. The molecule has 112 valence electrons. The van der Waals surface area contributed by atoms with Gasteiger partial charge in [0.2, 0.25) is 0 Å². The second kappa shape index (κ2) is 6.03. The highest BCUT2D eigenvalue weighted by atomic mass is 32.2. The van der Waals surface area contributed by atoms with Crippen molar-refractivity contribution in [1.82, 2.24) is 0 Å². The van der Waals surface area contributed by atoms with Gasteiger partial charge in [0.05, 0.1) is 17.1 Å². The van der Waals surface area contributed by atoms with Gasteiger partial charge in [0.15, 0.2) is 0 Å². The van der Waals surface area contributed by atoms with Crippen molar-refractivity contribution in [1.29, 1.82) is 0 Å². The molecule has 0 spiro atoms. The van der Waals surface area contributed by atoms with Crippen LogP contribution in [-0.4, -0.2) is 5.11 Å². The first-order chi connectivity index (χ1) is 9.81. The van der Waals surface area contributed by atoms with Crippen LogP contribution in [0.4, 0.5) is 22.0 Å². The predicted molar refractivity (Wildman–Crippen MR) is 67.8 cm³/mol. The van der Waals surface area contributed by atoms with Gasteiger partial charge < -0.3 is 5.11 Å². The summed E-state index contributed by atoms with van der Waals surface area (Å²) in [6, 6.07) is 5.98. The van der Waals surface area contributed by atoms with Gasteiger partial charge in [0.25, 0.3) is 0 Å². The van der Waals surface area contributed by atoms with Crippen molar-refractivity contribution in [2.75, 3.05) is 0 Å². The maximum atomic E-state index is 13.5. The Bertz CT molecular complexity index is 654. The van der Waals surface area contributed by atoms with Gasteiger partial charge in [-0.3, -0.25) is 0 Å². The maximum absolute atomic E-state index is 13.5. The Labute approximate surface area is 121 Å². The van der Waals surface area contributed by atoms with E-state index in [1.54, 1.807) is 0 Å². The van der Waals surface area contributed by atoms with Crippen LogP contribution in [0, 0.1) is 11.6 Å². The molecule has 2 aromatic rings. The molecule has 0 saturated carbocycles. The van der Waals surface area contributed by atoms with Gasteiger partial charge in [-0.15, -0.1) is 0 Å². The quantitative estimate of drug-likeness (QED) is 0.832. The molecule has 0 radical (unpaired) electrons. The van der Waals surface area contributed by atoms with Gasteiger partial charge in [-0.1, -0.05) is 17.8 Å². The van der Waals surface area contributed by atoms with Gasteiger partial charge in [0, 0.05) is 4.90 Å². The van der Waals surface area contributed by atoms with Gasteiger partial charge in [-0.25, -0.2) is 8.78 Å². The number of halogens is 5. The molecular weight excluding hydrogens is 311 g/mol. The zero-order valence-electron chi connectivity index (χ0n) is 10.4. The molecule has 0 bridgehead atoms. The predicted octanol–water partition coefficient (Wildman–Crippen LogP) is 4.63. The number of hydrogen-bond donors (Lipinski definition) is 1. The number of hydrogen-bond acceptors (Lipinski definition) is 2. The Hall–Kier alpha value is -1.60. The minimum atomic E-state index is -4.63. The van der Waals surface area contributed by atoms with Gasteiger partial charge in [-0.05, 0) is 35.9 Å². The molecule has 0 amide bonds. The molecule has 1 nitrogen and oxygen atoms in total. The van der Waals surface area contributed by atoms with Gasteiger partial charge >= 0.3 is 6.18 Å². The zero-order valence-corrected chi connectivity index (χ0v) is 11.2. The molecule has 7 heteroatoms. The molecular formula is C14H9F5OS. The van der Waals surface area contributed by atoms with E-state index in [1.165, 1.54) is 6.07 Å². The Morgan fingerprint density at radius 3 is 2.33 bits per heavy atom.